The highest BCUT2D eigenvalue weighted by atomic mass is 16.5. The van der Waals surface area contributed by atoms with Crippen LogP contribution >= 0.6 is 0 Å². The molecule has 0 fully saturated rings. The van der Waals surface area contributed by atoms with Gasteiger partial charge in [-0.25, -0.2) is 4.79 Å². The van der Waals surface area contributed by atoms with Crippen LogP contribution in [-0.4, -0.2) is 28.6 Å². The minimum atomic E-state index is -0.673. The van der Waals surface area contributed by atoms with E-state index in [-0.39, 0.29) is 11.5 Å². The molecule has 0 spiro atoms. The topological polar surface area (TPSA) is 110 Å². The fourth-order valence-corrected chi connectivity index (χ4v) is 2.99. The van der Waals surface area contributed by atoms with E-state index in [1.807, 2.05) is 20.8 Å². The molecule has 8 nitrogen and oxygen atoms in total. The molecule has 28 heavy (non-hydrogen) atoms. The molecule has 1 amide bonds. The van der Waals surface area contributed by atoms with Gasteiger partial charge in [-0.1, -0.05) is 32.4 Å². The normalized spacial score (nSPS) is 10.7. The fourth-order valence-electron chi connectivity index (χ4n) is 2.99. The van der Waals surface area contributed by atoms with Crippen molar-refractivity contribution < 1.29 is 9.53 Å². The van der Waals surface area contributed by atoms with Crippen molar-refractivity contribution in [2.75, 3.05) is 23.8 Å². The summed E-state index contributed by atoms with van der Waals surface area (Å²) in [6, 6.07) is 6.87. The van der Waals surface area contributed by atoms with Gasteiger partial charge in [0.15, 0.2) is 5.69 Å². The summed E-state index contributed by atoms with van der Waals surface area (Å²) in [5, 5.41) is 0. The van der Waals surface area contributed by atoms with E-state index in [4.69, 9.17) is 10.5 Å². The zero-order valence-corrected chi connectivity index (χ0v) is 16.7. The Bertz CT molecular complexity index is 933. The lowest BCUT2D eigenvalue weighted by atomic mass is 10.1. The molecule has 0 atom stereocenters. The Kier molecular flexibility index (Phi) is 7.43. The summed E-state index contributed by atoms with van der Waals surface area (Å²) in [6.45, 7) is 6.77. The second-order valence-corrected chi connectivity index (χ2v) is 6.38. The molecule has 0 bridgehead atoms. The first-order chi connectivity index (χ1) is 13.5. The number of anilines is 2. The van der Waals surface area contributed by atoms with Gasteiger partial charge in [0.1, 0.15) is 11.6 Å². The van der Waals surface area contributed by atoms with Crippen LogP contribution in [0.15, 0.2) is 33.9 Å². The van der Waals surface area contributed by atoms with Crippen LogP contribution in [0.3, 0.4) is 0 Å². The Morgan fingerprint density at radius 1 is 1.18 bits per heavy atom. The molecule has 0 saturated heterocycles. The quantitative estimate of drug-likeness (QED) is 0.685. The van der Waals surface area contributed by atoms with E-state index in [9.17, 15) is 14.4 Å². The number of nitrogens with two attached hydrogens (primary N) is 1. The highest BCUT2D eigenvalue weighted by molar-refractivity contribution is 6.08. The third kappa shape index (κ3) is 4.44. The number of amides is 1. The number of carbonyl (C=O) groups excluding carboxylic acids is 1. The number of hydrogen-bond acceptors (Lipinski definition) is 5. The Hall–Kier alpha value is -3.03. The monoisotopic (exact) mass is 388 g/mol. The number of hydrogen-bond donors (Lipinski definition) is 2. The van der Waals surface area contributed by atoms with Crippen molar-refractivity contribution in [3.8, 4) is 5.75 Å². The number of rotatable bonds is 9. The average Bonchev–Trinajstić information content (AvgIpc) is 2.67. The van der Waals surface area contributed by atoms with Crippen molar-refractivity contribution >= 4 is 17.4 Å². The van der Waals surface area contributed by atoms with E-state index < -0.39 is 17.2 Å². The molecule has 0 aliphatic carbocycles. The van der Waals surface area contributed by atoms with Gasteiger partial charge in [-0.3, -0.25) is 19.1 Å². The van der Waals surface area contributed by atoms with E-state index in [0.29, 0.717) is 43.9 Å². The number of para-hydroxylation sites is 1. The van der Waals surface area contributed by atoms with Crippen LogP contribution in [0, 0.1) is 0 Å². The second-order valence-electron chi connectivity index (χ2n) is 6.38. The van der Waals surface area contributed by atoms with Crippen LogP contribution in [0.5, 0.6) is 5.75 Å². The molecule has 3 N–H and O–H groups in total. The largest absolute Gasteiger partial charge is 0.493 e. The molecule has 1 heterocycles. The lowest BCUT2D eigenvalue weighted by Crippen LogP contribution is -2.41. The second kappa shape index (κ2) is 9.77. The number of benzene rings is 1. The van der Waals surface area contributed by atoms with E-state index >= 15 is 0 Å². The third-order valence-electron chi connectivity index (χ3n) is 4.33. The minimum Gasteiger partial charge on any atom is -0.493 e. The lowest BCUT2D eigenvalue weighted by Gasteiger charge is -2.25. The zero-order chi connectivity index (χ0) is 20.7. The Labute approximate surface area is 163 Å². The summed E-state index contributed by atoms with van der Waals surface area (Å²) in [7, 11) is 0. The molecule has 152 valence electrons. The number of nitrogens with zero attached hydrogens (tertiary/aromatic N) is 2. The van der Waals surface area contributed by atoms with Gasteiger partial charge >= 0.3 is 5.69 Å². The van der Waals surface area contributed by atoms with Gasteiger partial charge in [-0.15, -0.1) is 0 Å². The summed E-state index contributed by atoms with van der Waals surface area (Å²) in [4.78, 5) is 41.7. The number of nitrogens with one attached hydrogen (secondary N) is 1. The molecule has 0 aliphatic rings. The minimum absolute atomic E-state index is 0.00204. The summed E-state index contributed by atoms with van der Waals surface area (Å²) >= 11 is 0. The van der Waals surface area contributed by atoms with Crippen molar-refractivity contribution in [3.05, 3.63) is 50.7 Å². The summed E-state index contributed by atoms with van der Waals surface area (Å²) in [5.41, 5.74) is 5.26. The maximum Gasteiger partial charge on any atom is 0.330 e. The number of aromatic nitrogens is 2. The van der Waals surface area contributed by atoms with Crippen LogP contribution < -0.4 is 26.6 Å². The maximum atomic E-state index is 13.4. The van der Waals surface area contributed by atoms with Gasteiger partial charge in [0, 0.05) is 13.1 Å². The molecule has 0 radical (unpaired) electrons. The third-order valence-corrected chi connectivity index (χ3v) is 4.33. The van der Waals surface area contributed by atoms with Crippen LogP contribution in [0.25, 0.3) is 0 Å². The highest BCUT2D eigenvalue weighted by Crippen LogP contribution is 2.25. The van der Waals surface area contributed by atoms with Crippen LogP contribution in [0.2, 0.25) is 0 Å². The number of unbranched alkanes of at least 4 members (excludes halogenated alkanes) is 1. The first-order valence-corrected chi connectivity index (χ1v) is 9.62. The first kappa shape index (κ1) is 21.3. The lowest BCUT2D eigenvalue weighted by molar-refractivity contribution is 0.0982. The fraction of sp³-hybridized carbons (Fsp3) is 0.450. The van der Waals surface area contributed by atoms with Crippen LogP contribution in [0.4, 0.5) is 11.5 Å². The smallest absolute Gasteiger partial charge is 0.330 e. The number of aromatic amines is 1. The van der Waals surface area contributed by atoms with E-state index in [1.165, 1.54) is 9.47 Å². The Balaban J connectivity index is 2.62. The molecule has 0 unspecified atom stereocenters. The molecule has 1 aromatic carbocycles. The molecular weight excluding hydrogens is 360 g/mol. The standard InChI is InChI=1S/C20H28N4O4/c1-4-7-13-23(19(26)14-10-8-9-11-15(14)28-6-3)16-17(21)24(12-5-2)20(27)22-18(16)25/h8-11H,4-7,12-13,21H2,1-3H3,(H,22,25,27). The molecule has 1 aromatic heterocycles. The van der Waals surface area contributed by atoms with Gasteiger partial charge in [0.2, 0.25) is 0 Å². The van der Waals surface area contributed by atoms with Crippen LogP contribution in [0.1, 0.15) is 50.4 Å². The summed E-state index contributed by atoms with van der Waals surface area (Å²) < 4.78 is 6.86. The molecule has 0 aliphatic heterocycles. The van der Waals surface area contributed by atoms with Crippen molar-refractivity contribution in [2.24, 2.45) is 0 Å². The zero-order valence-electron chi connectivity index (χ0n) is 16.7. The van der Waals surface area contributed by atoms with Crippen molar-refractivity contribution in [1.29, 1.82) is 0 Å². The Morgan fingerprint density at radius 2 is 1.89 bits per heavy atom. The van der Waals surface area contributed by atoms with Gasteiger partial charge in [0.25, 0.3) is 11.5 Å². The van der Waals surface area contributed by atoms with E-state index in [1.54, 1.807) is 24.3 Å². The van der Waals surface area contributed by atoms with E-state index in [0.717, 1.165) is 6.42 Å². The Morgan fingerprint density at radius 3 is 2.54 bits per heavy atom. The molecule has 2 aromatic rings. The molecule has 2 rings (SSSR count). The van der Waals surface area contributed by atoms with Gasteiger partial charge in [0.05, 0.1) is 12.2 Å². The van der Waals surface area contributed by atoms with Gasteiger partial charge < -0.3 is 15.4 Å². The summed E-state index contributed by atoms with van der Waals surface area (Å²) in [5.74, 6) is 0.0405. The van der Waals surface area contributed by atoms with E-state index in [2.05, 4.69) is 4.98 Å². The number of nitrogen functional groups attached to an aromatic ring is 1. The van der Waals surface area contributed by atoms with Gasteiger partial charge in [-0.05, 0) is 31.9 Å². The van der Waals surface area contributed by atoms with Gasteiger partial charge in [-0.2, -0.15) is 0 Å². The maximum absolute atomic E-state index is 13.4. The predicted octanol–water partition coefficient (Wildman–Crippen LogP) is 2.37. The first-order valence-electron chi connectivity index (χ1n) is 9.62. The number of ether oxygens (including phenoxy) is 1. The summed E-state index contributed by atoms with van der Waals surface area (Å²) in [6.07, 6.45) is 2.16. The number of H-pyrrole nitrogens is 1. The predicted molar refractivity (Wildman–Crippen MR) is 110 cm³/mol. The van der Waals surface area contributed by atoms with Crippen molar-refractivity contribution in [1.82, 2.24) is 9.55 Å². The highest BCUT2D eigenvalue weighted by Gasteiger charge is 2.26. The average molecular weight is 388 g/mol. The molecular formula is C20H28N4O4. The number of carbonyl (C=O) groups is 1. The molecule has 0 saturated carbocycles. The van der Waals surface area contributed by atoms with Crippen molar-refractivity contribution in [2.45, 2.75) is 46.6 Å². The SMILES string of the molecule is CCCCN(C(=O)c1ccccc1OCC)c1c(N)n(CCC)c(=O)[nH]c1=O. The van der Waals surface area contributed by atoms with Crippen LogP contribution in [-0.2, 0) is 6.54 Å². The molecule has 8 heteroatoms. The van der Waals surface area contributed by atoms with Crippen molar-refractivity contribution in [3.63, 3.8) is 0 Å².